The van der Waals surface area contributed by atoms with Crippen molar-refractivity contribution in [2.75, 3.05) is 7.11 Å². The first-order chi connectivity index (χ1) is 9.43. The predicted octanol–water partition coefficient (Wildman–Crippen LogP) is 6.70. The third kappa shape index (κ3) is 3.55. The molecule has 0 saturated carbocycles. The van der Waals surface area contributed by atoms with Gasteiger partial charge in [-0.3, -0.25) is 0 Å². The molecule has 2 rings (SSSR count). The number of hydrogen-bond acceptors (Lipinski definition) is 1. The van der Waals surface area contributed by atoms with Gasteiger partial charge in [-0.25, -0.2) is 0 Å². The molecule has 0 N–H and O–H groups in total. The third-order valence-electron chi connectivity index (χ3n) is 2.75. The first kappa shape index (κ1) is 16.7. The molecular formula is C14H9BrCl3IO. The van der Waals surface area contributed by atoms with E-state index in [0.29, 0.717) is 15.8 Å². The fourth-order valence-corrected chi connectivity index (χ4v) is 3.65. The monoisotopic (exact) mass is 504 g/mol. The Morgan fingerprint density at radius 2 is 1.90 bits per heavy atom. The van der Waals surface area contributed by atoms with E-state index in [1.807, 2.05) is 18.2 Å². The highest BCUT2D eigenvalue weighted by Crippen LogP contribution is 2.41. The summed E-state index contributed by atoms with van der Waals surface area (Å²) in [6.45, 7) is 0. The van der Waals surface area contributed by atoms with E-state index in [-0.39, 0.29) is 0 Å². The molecule has 0 amide bonds. The minimum Gasteiger partial charge on any atom is -0.495 e. The van der Waals surface area contributed by atoms with Crippen LogP contribution >= 0.6 is 73.3 Å². The molecule has 0 aromatic heterocycles. The molecule has 1 unspecified atom stereocenters. The smallest absolute Gasteiger partial charge is 0.138 e. The van der Waals surface area contributed by atoms with Crippen LogP contribution in [-0.4, -0.2) is 7.11 Å². The van der Waals surface area contributed by atoms with Crippen LogP contribution in [0.1, 0.15) is 16.5 Å². The highest BCUT2D eigenvalue weighted by Gasteiger charge is 2.19. The number of benzene rings is 2. The number of alkyl halides is 1. The molecule has 106 valence electrons. The van der Waals surface area contributed by atoms with Crippen molar-refractivity contribution in [1.82, 2.24) is 0 Å². The average molecular weight is 506 g/mol. The standard InChI is InChI=1S/C14H9BrCl3IO/c1-20-14-9(5-8(16)6-10(14)15)13(18)7-2-3-12(19)11(17)4-7/h2-6,13H,1H3. The zero-order chi connectivity index (χ0) is 14.9. The molecule has 1 atom stereocenters. The number of halogens is 5. The minimum absolute atomic E-state index is 0.394. The van der Waals surface area contributed by atoms with E-state index in [1.54, 1.807) is 19.2 Å². The average Bonchev–Trinajstić information content (AvgIpc) is 2.40. The van der Waals surface area contributed by atoms with Crippen molar-refractivity contribution in [3.05, 3.63) is 59.5 Å². The normalized spacial score (nSPS) is 12.3. The quantitative estimate of drug-likeness (QED) is 0.333. The lowest BCUT2D eigenvalue weighted by atomic mass is 10.0. The van der Waals surface area contributed by atoms with Crippen LogP contribution in [0.2, 0.25) is 10.0 Å². The van der Waals surface area contributed by atoms with Crippen LogP contribution in [0.25, 0.3) is 0 Å². The van der Waals surface area contributed by atoms with Crippen LogP contribution in [0.5, 0.6) is 5.75 Å². The number of methoxy groups -OCH3 is 1. The summed E-state index contributed by atoms with van der Waals surface area (Å²) >= 11 is 24.4. The maximum absolute atomic E-state index is 6.56. The van der Waals surface area contributed by atoms with Crippen molar-refractivity contribution < 1.29 is 4.74 Å². The van der Waals surface area contributed by atoms with Crippen molar-refractivity contribution in [3.8, 4) is 5.75 Å². The maximum Gasteiger partial charge on any atom is 0.138 e. The van der Waals surface area contributed by atoms with Crippen LogP contribution in [0.15, 0.2) is 34.8 Å². The molecule has 2 aromatic rings. The zero-order valence-electron chi connectivity index (χ0n) is 10.3. The summed E-state index contributed by atoms with van der Waals surface area (Å²) < 4.78 is 7.15. The molecule has 0 spiro atoms. The first-order valence-corrected chi connectivity index (χ1v) is 8.62. The Morgan fingerprint density at radius 3 is 2.50 bits per heavy atom. The number of ether oxygens (including phenoxy) is 1. The molecule has 1 nitrogen and oxygen atoms in total. The summed E-state index contributed by atoms with van der Waals surface area (Å²) in [6.07, 6.45) is 0. The SMILES string of the molecule is COc1c(Br)cc(Cl)cc1C(Cl)c1ccc(I)c(Cl)c1. The summed E-state index contributed by atoms with van der Waals surface area (Å²) in [4.78, 5) is 0. The van der Waals surface area contributed by atoms with Gasteiger partial charge < -0.3 is 4.74 Å². The largest absolute Gasteiger partial charge is 0.495 e. The van der Waals surface area contributed by atoms with E-state index in [1.165, 1.54) is 0 Å². The van der Waals surface area contributed by atoms with Crippen LogP contribution in [0, 0.1) is 3.57 Å². The third-order valence-corrected chi connectivity index (χ3v) is 5.62. The second-order valence-corrected chi connectivity index (χ2v) is 7.34. The van der Waals surface area contributed by atoms with E-state index in [0.717, 1.165) is 19.2 Å². The van der Waals surface area contributed by atoms with E-state index in [4.69, 9.17) is 39.5 Å². The van der Waals surface area contributed by atoms with E-state index >= 15 is 0 Å². The van der Waals surface area contributed by atoms with Gasteiger partial charge in [0.2, 0.25) is 0 Å². The first-order valence-electron chi connectivity index (χ1n) is 5.56. The van der Waals surface area contributed by atoms with Crippen molar-refractivity contribution in [3.63, 3.8) is 0 Å². The molecule has 0 saturated heterocycles. The topological polar surface area (TPSA) is 9.23 Å². The molecule has 0 bridgehead atoms. The van der Waals surface area contributed by atoms with Gasteiger partial charge in [-0.05, 0) is 68.3 Å². The molecule has 2 aromatic carbocycles. The van der Waals surface area contributed by atoms with E-state index < -0.39 is 5.38 Å². The van der Waals surface area contributed by atoms with Gasteiger partial charge in [0.1, 0.15) is 5.75 Å². The lowest BCUT2D eigenvalue weighted by Gasteiger charge is -2.16. The predicted molar refractivity (Wildman–Crippen MR) is 97.6 cm³/mol. The molecule has 0 radical (unpaired) electrons. The molecule has 0 fully saturated rings. The van der Waals surface area contributed by atoms with Crippen LogP contribution in [0.4, 0.5) is 0 Å². The summed E-state index contributed by atoms with van der Waals surface area (Å²) in [7, 11) is 1.60. The molecule has 0 heterocycles. The Hall–Kier alpha value is 0.320. The van der Waals surface area contributed by atoms with Crippen molar-refractivity contribution in [2.24, 2.45) is 0 Å². The van der Waals surface area contributed by atoms with Gasteiger partial charge in [-0.2, -0.15) is 0 Å². The van der Waals surface area contributed by atoms with Crippen LogP contribution in [0.3, 0.4) is 0 Å². The molecule has 20 heavy (non-hydrogen) atoms. The van der Waals surface area contributed by atoms with Gasteiger partial charge >= 0.3 is 0 Å². The lowest BCUT2D eigenvalue weighted by Crippen LogP contribution is -1.99. The van der Waals surface area contributed by atoms with E-state index in [9.17, 15) is 0 Å². The second-order valence-electron chi connectivity index (χ2n) is 4.05. The molecular weight excluding hydrogens is 497 g/mol. The number of rotatable bonds is 3. The van der Waals surface area contributed by atoms with Gasteiger partial charge in [-0.15, -0.1) is 11.6 Å². The lowest BCUT2D eigenvalue weighted by molar-refractivity contribution is 0.407. The van der Waals surface area contributed by atoms with Gasteiger partial charge in [-0.1, -0.05) is 29.3 Å². The molecule has 0 aliphatic carbocycles. The minimum atomic E-state index is -0.394. The molecule has 0 aliphatic rings. The summed E-state index contributed by atoms with van der Waals surface area (Å²) in [6, 6.07) is 9.30. The Bertz CT molecular complexity index is 649. The highest BCUT2D eigenvalue weighted by atomic mass is 127. The summed E-state index contributed by atoms with van der Waals surface area (Å²) in [5.41, 5.74) is 1.69. The van der Waals surface area contributed by atoms with Gasteiger partial charge in [0.05, 0.1) is 22.0 Å². The Balaban J connectivity index is 2.52. The Kier molecular flexibility index (Phi) is 5.88. The Labute approximate surface area is 154 Å². The van der Waals surface area contributed by atoms with Gasteiger partial charge in [0, 0.05) is 14.2 Å². The van der Waals surface area contributed by atoms with Crippen LogP contribution in [-0.2, 0) is 0 Å². The number of hydrogen-bond donors (Lipinski definition) is 0. The van der Waals surface area contributed by atoms with Gasteiger partial charge in [0.15, 0.2) is 0 Å². The van der Waals surface area contributed by atoms with E-state index in [2.05, 4.69) is 38.5 Å². The Morgan fingerprint density at radius 1 is 1.20 bits per heavy atom. The van der Waals surface area contributed by atoms with Crippen molar-refractivity contribution in [1.29, 1.82) is 0 Å². The molecule has 6 heteroatoms. The fraction of sp³-hybridized carbons (Fsp3) is 0.143. The summed E-state index contributed by atoms with van der Waals surface area (Å²) in [5, 5.41) is 0.873. The summed E-state index contributed by atoms with van der Waals surface area (Å²) in [5.74, 6) is 0.670. The van der Waals surface area contributed by atoms with Crippen molar-refractivity contribution in [2.45, 2.75) is 5.38 Å². The van der Waals surface area contributed by atoms with Crippen LogP contribution < -0.4 is 4.74 Å². The highest BCUT2D eigenvalue weighted by molar-refractivity contribution is 14.1. The van der Waals surface area contributed by atoms with Crippen molar-refractivity contribution >= 4 is 73.3 Å². The van der Waals surface area contributed by atoms with Gasteiger partial charge in [0.25, 0.3) is 0 Å². The zero-order valence-corrected chi connectivity index (χ0v) is 16.3. The second kappa shape index (κ2) is 7.05. The maximum atomic E-state index is 6.56. The molecule has 0 aliphatic heterocycles. The fourth-order valence-electron chi connectivity index (χ4n) is 1.83.